The molecule has 2 nitrogen and oxygen atoms in total. The number of aromatic amines is 1. The van der Waals surface area contributed by atoms with Gasteiger partial charge in [-0.05, 0) is 11.1 Å². The Labute approximate surface area is 49.4 Å². The van der Waals surface area contributed by atoms with Gasteiger partial charge in [0.1, 0.15) is 0 Å². The number of rotatable bonds is 0. The first-order valence-electron chi connectivity index (χ1n) is 2.82. The van der Waals surface area contributed by atoms with E-state index in [0.29, 0.717) is 0 Å². The molecule has 2 heterocycles. The van der Waals surface area contributed by atoms with Crippen LogP contribution in [-0.4, -0.2) is 4.98 Å². The lowest BCUT2D eigenvalue weighted by Gasteiger charge is -1.82. The molecule has 0 bridgehead atoms. The molecule has 0 atom stereocenters. The van der Waals surface area contributed by atoms with E-state index in [-0.39, 0.29) is 1.43 Å². The highest BCUT2D eigenvalue weighted by atomic mass is 14.9. The second kappa shape index (κ2) is 1.36. The Hall–Kier alpha value is -0.760. The number of hydrogen-bond donors (Lipinski definition) is 2. The van der Waals surface area contributed by atoms with E-state index in [2.05, 4.69) is 22.7 Å². The Morgan fingerprint density at radius 3 is 2.50 bits per heavy atom. The van der Waals surface area contributed by atoms with E-state index in [1.54, 1.807) is 0 Å². The van der Waals surface area contributed by atoms with E-state index in [1.807, 2.05) is 0 Å². The van der Waals surface area contributed by atoms with Gasteiger partial charge in [0.2, 0.25) is 0 Å². The molecule has 1 aliphatic rings. The van der Waals surface area contributed by atoms with Gasteiger partial charge >= 0.3 is 1.43 Å². The molecular weight excluding hydrogens is 100 g/mol. The molecule has 1 aromatic rings. The first-order chi connectivity index (χ1) is 3.97. The van der Waals surface area contributed by atoms with Crippen LogP contribution in [0.4, 0.5) is 0 Å². The molecule has 1 aliphatic heterocycles. The summed E-state index contributed by atoms with van der Waals surface area (Å²) in [6.45, 7) is 2.08. The summed E-state index contributed by atoms with van der Waals surface area (Å²) in [5, 5.41) is 3.25. The lowest BCUT2D eigenvalue weighted by atomic mass is 10.2. The fraction of sp³-hybridized carbons (Fsp3) is 0.333. The molecule has 42 valence electrons. The third kappa shape index (κ3) is 0.406. The molecule has 0 spiro atoms. The Balaban J connectivity index is 0.000000405. The van der Waals surface area contributed by atoms with E-state index in [1.165, 1.54) is 11.1 Å². The van der Waals surface area contributed by atoms with Crippen LogP contribution in [-0.2, 0) is 13.1 Å². The van der Waals surface area contributed by atoms with Gasteiger partial charge in [-0.25, -0.2) is 0 Å². The number of H-pyrrole nitrogens is 1. The Kier molecular flexibility index (Phi) is 0.704. The van der Waals surface area contributed by atoms with Gasteiger partial charge < -0.3 is 10.3 Å². The number of fused-ring (bicyclic) bond motifs is 1. The molecule has 0 fully saturated rings. The van der Waals surface area contributed by atoms with Crippen molar-refractivity contribution in [1.82, 2.24) is 10.3 Å². The highest BCUT2D eigenvalue weighted by molar-refractivity contribution is 5.26. The van der Waals surface area contributed by atoms with Crippen molar-refractivity contribution in [3.63, 3.8) is 0 Å². The molecule has 2 rings (SSSR count). The standard InChI is InChI=1S/C6H8N2/c1-5-2-8-4-6(5)3-7-1/h1,3,7-8H,2,4H2/p+1. The second-order valence-corrected chi connectivity index (χ2v) is 2.11. The predicted molar refractivity (Wildman–Crippen MR) is 32.4 cm³/mol. The predicted octanol–water partition coefficient (Wildman–Crippen LogP) is 0.730. The summed E-state index contributed by atoms with van der Waals surface area (Å²) in [5.41, 5.74) is 2.84. The van der Waals surface area contributed by atoms with Crippen LogP contribution in [0.1, 0.15) is 12.6 Å². The largest absolute Gasteiger partial charge is 1.00 e. The minimum absolute atomic E-state index is 0. The summed E-state index contributed by atoms with van der Waals surface area (Å²) in [5.74, 6) is 0. The Morgan fingerprint density at radius 1 is 1.25 bits per heavy atom. The minimum atomic E-state index is 0. The highest BCUT2D eigenvalue weighted by Gasteiger charge is 2.08. The van der Waals surface area contributed by atoms with Crippen molar-refractivity contribution in [3.05, 3.63) is 23.5 Å². The van der Waals surface area contributed by atoms with Crippen molar-refractivity contribution in [1.29, 1.82) is 0 Å². The van der Waals surface area contributed by atoms with Crippen LogP contribution in [0.25, 0.3) is 0 Å². The zero-order valence-electron chi connectivity index (χ0n) is 5.57. The summed E-state index contributed by atoms with van der Waals surface area (Å²) < 4.78 is 0. The molecule has 0 aliphatic carbocycles. The summed E-state index contributed by atoms with van der Waals surface area (Å²) in [4.78, 5) is 3.06. The number of nitrogens with one attached hydrogen (secondary N) is 2. The lowest BCUT2D eigenvalue weighted by molar-refractivity contribution is 0.759. The van der Waals surface area contributed by atoms with E-state index < -0.39 is 0 Å². The normalized spacial score (nSPS) is 16.5. The molecule has 1 aromatic heterocycles. The Bertz CT molecular complexity index is 176. The van der Waals surface area contributed by atoms with E-state index >= 15 is 0 Å². The van der Waals surface area contributed by atoms with E-state index in [9.17, 15) is 0 Å². The fourth-order valence-corrected chi connectivity index (χ4v) is 1.09. The monoisotopic (exact) mass is 109 g/mol. The van der Waals surface area contributed by atoms with Gasteiger partial charge in [-0.2, -0.15) is 0 Å². The summed E-state index contributed by atoms with van der Waals surface area (Å²) in [7, 11) is 0. The maximum atomic E-state index is 3.25. The van der Waals surface area contributed by atoms with E-state index in [0.717, 1.165) is 13.1 Å². The first kappa shape index (κ1) is 4.15. The fourth-order valence-electron chi connectivity index (χ4n) is 1.09. The van der Waals surface area contributed by atoms with Crippen molar-refractivity contribution in [2.75, 3.05) is 0 Å². The summed E-state index contributed by atoms with van der Waals surface area (Å²) in [6, 6.07) is 0. The molecule has 2 heteroatoms. The van der Waals surface area contributed by atoms with Crippen LogP contribution in [0.15, 0.2) is 12.4 Å². The smallest absolute Gasteiger partial charge is 0.367 e. The highest BCUT2D eigenvalue weighted by Crippen LogP contribution is 2.12. The first-order valence-corrected chi connectivity index (χ1v) is 2.82. The van der Waals surface area contributed by atoms with Gasteiger partial charge in [0.15, 0.2) is 0 Å². The number of hydrogen-bond acceptors (Lipinski definition) is 1. The van der Waals surface area contributed by atoms with Gasteiger partial charge in [0.25, 0.3) is 0 Å². The average molecular weight is 109 g/mol. The zero-order chi connectivity index (χ0) is 5.40. The molecule has 0 aromatic carbocycles. The van der Waals surface area contributed by atoms with E-state index in [4.69, 9.17) is 0 Å². The second-order valence-electron chi connectivity index (χ2n) is 2.11. The summed E-state index contributed by atoms with van der Waals surface area (Å²) >= 11 is 0. The van der Waals surface area contributed by atoms with Crippen LogP contribution in [0.2, 0.25) is 0 Å². The summed E-state index contributed by atoms with van der Waals surface area (Å²) in [6.07, 6.45) is 4.10. The third-order valence-corrected chi connectivity index (χ3v) is 1.56. The molecule has 0 saturated carbocycles. The van der Waals surface area contributed by atoms with Gasteiger partial charge in [-0.15, -0.1) is 0 Å². The van der Waals surface area contributed by atoms with Gasteiger partial charge in [0, 0.05) is 25.5 Å². The van der Waals surface area contributed by atoms with Crippen molar-refractivity contribution in [3.8, 4) is 0 Å². The SMILES string of the molecule is [H+].c1[nH]cc2c1CNC2. The van der Waals surface area contributed by atoms with Gasteiger partial charge in [-0.1, -0.05) is 0 Å². The third-order valence-electron chi connectivity index (χ3n) is 1.56. The van der Waals surface area contributed by atoms with Crippen LogP contribution in [0.3, 0.4) is 0 Å². The number of aromatic nitrogens is 1. The molecule has 8 heavy (non-hydrogen) atoms. The van der Waals surface area contributed by atoms with Crippen LogP contribution < -0.4 is 5.32 Å². The molecule has 0 radical (unpaired) electrons. The Morgan fingerprint density at radius 2 is 1.88 bits per heavy atom. The lowest BCUT2D eigenvalue weighted by Crippen LogP contribution is -2.00. The molecule has 0 amide bonds. The maximum absolute atomic E-state index is 3.25. The van der Waals surface area contributed by atoms with Crippen molar-refractivity contribution < 1.29 is 1.43 Å². The van der Waals surface area contributed by atoms with Gasteiger partial charge in [-0.3, -0.25) is 0 Å². The van der Waals surface area contributed by atoms with Crippen molar-refractivity contribution in [2.45, 2.75) is 13.1 Å². The molecular formula is C6H9N2+. The van der Waals surface area contributed by atoms with Crippen molar-refractivity contribution >= 4 is 0 Å². The average Bonchev–Trinajstić information content (AvgIpc) is 2.15. The maximum Gasteiger partial charge on any atom is 1.00 e. The van der Waals surface area contributed by atoms with Crippen LogP contribution >= 0.6 is 0 Å². The van der Waals surface area contributed by atoms with Crippen molar-refractivity contribution in [2.24, 2.45) is 0 Å². The molecule has 2 N–H and O–H groups in total. The molecule has 0 unspecified atom stereocenters. The van der Waals surface area contributed by atoms with Crippen LogP contribution in [0, 0.1) is 0 Å². The zero-order valence-corrected chi connectivity index (χ0v) is 4.57. The van der Waals surface area contributed by atoms with Gasteiger partial charge in [0.05, 0.1) is 0 Å². The topological polar surface area (TPSA) is 27.8 Å². The quantitative estimate of drug-likeness (QED) is 0.505. The molecule has 0 saturated heterocycles. The van der Waals surface area contributed by atoms with Crippen LogP contribution in [0.5, 0.6) is 0 Å². The minimum Gasteiger partial charge on any atom is -0.367 e.